The van der Waals surface area contributed by atoms with Crippen molar-refractivity contribution in [3.63, 3.8) is 0 Å². The predicted octanol–water partition coefficient (Wildman–Crippen LogP) is 3.37. The predicted molar refractivity (Wildman–Crippen MR) is 85.7 cm³/mol. The van der Waals surface area contributed by atoms with E-state index in [9.17, 15) is 14.4 Å². The molecule has 0 saturated carbocycles. The molecule has 0 amide bonds. The Labute approximate surface area is 137 Å². The third kappa shape index (κ3) is 5.51. The molecular formula is C18H24O5. The molecule has 0 aliphatic heterocycles. The molecule has 23 heavy (non-hydrogen) atoms. The minimum absolute atomic E-state index is 0.306. The number of carbonyl (C=O) groups is 3. The van der Waals surface area contributed by atoms with E-state index >= 15 is 0 Å². The van der Waals surface area contributed by atoms with Gasteiger partial charge in [0.25, 0.3) is 0 Å². The van der Waals surface area contributed by atoms with Crippen LogP contribution in [-0.2, 0) is 19.1 Å². The summed E-state index contributed by atoms with van der Waals surface area (Å²) in [6, 6.07) is 8.27. The lowest BCUT2D eigenvalue weighted by Crippen LogP contribution is -2.39. The van der Waals surface area contributed by atoms with Gasteiger partial charge in [-0.05, 0) is 41.5 Å². The molecule has 0 aliphatic carbocycles. The molecule has 0 unspecified atom stereocenters. The van der Waals surface area contributed by atoms with E-state index in [1.165, 1.54) is 0 Å². The Morgan fingerprint density at radius 3 is 1.52 bits per heavy atom. The third-order valence-electron chi connectivity index (χ3n) is 2.93. The summed E-state index contributed by atoms with van der Waals surface area (Å²) in [5.74, 6) is -1.80. The molecule has 0 aromatic heterocycles. The summed E-state index contributed by atoms with van der Waals surface area (Å²) in [6.45, 7) is 9.95. The maximum absolute atomic E-state index is 12.5. The Morgan fingerprint density at radius 2 is 1.17 bits per heavy atom. The summed E-state index contributed by atoms with van der Waals surface area (Å²) in [5.41, 5.74) is -1.33. The van der Waals surface area contributed by atoms with Gasteiger partial charge in [-0.2, -0.15) is 0 Å². The SMILES string of the molecule is CC(C)(C)C(=O)OC(OC(=O)C(C)(C)C)C(=O)c1ccccc1. The summed E-state index contributed by atoms with van der Waals surface area (Å²) in [4.78, 5) is 36.7. The van der Waals surface area contributed by atoms with Crippen molar-refractivity contribution < 1.29 is 23.9 Å². The molecule has 1 rings (SSSR count). The fourth-order valence-electron chi connectivity index (χ4n) is 1.42. The van der Waals surface area contributed by atoms with E-state index < -0.39 is 34.8 Å². The highest BCUT2D eigenvalue weighted by Gasteiger charge is 2.35. The molecule has 5 nitrogen and oxygen atoms in total. The first-order valence-corrected chi connectivity index (χ1v) is 7.44. The zero-order chi connectivity index (χ0) is 17.8. The molecule has 0 bridgehead atoms. The third-order valence-corrected chi connectivity index (χ3v) is 2.93. The number of esters is 2. The molecule has 0 spiro atoms. The van der Waals surface area contributed by atoms with Crippen molar-refractivity contribution in [3.05, 3.63) is 35.9 Å². The van der Waals surface area contributed by atoms with Crippen molar-refractivity contribution in [2.24, 2.45) is 10.8 Å². The maximum Gasteiger partial charge on any atom is 0.314 e. The number of rotatable bonds is 4. The van der Waals surface area contributed by atoms with Crippen LogP contribution in [0.3, 0.4) is 0 Å². The lowest BCUT2D eigenvalue weighted by atomic mass is 9.97. The van der Waals surface area contributed by atoms with Gasteiger partial charge in [-0.1, -0.05) is 30.3 Å². The van der Waals surface area contributed by atoms with Crippen LogP contribution in [0.5, 0.6) is 0 Å². The van der Waals surface area contributed by atoms with Crippen molar-refractivity contribution in [1.29, 1.82) is 0 Å². The van der Waals surface area contributed by atoms with Crippen LogP contribution in [-0.4, -0.2) is 24.0 Å². The molecule has 0 heterocycles. The van der Waals surface area contributed by atoms with Crippen molar-refractivity contribution in [2.75, 3.05) is 0 Å². The maximum atomic E-state index is 12.5. The van der Waals surface area contributed by atoms with Gasteiger partial charge in [0.1, 0.15) is 0 Å². The first-order chi connectivity index (χ1) is 10.4. The Bertz CT molecular complexity index is 548. The Morgan fingerprint density at radius 1 is 0.783 bits per heavy atom. The molecular weight excluding hydrogens is 296 g/mol. The van der Waals surface area contributed by atoms with E-state index in [-0.39, 0.29) is 0 Å². The van der Waals surface area contributed by atoms with Gasteiger partial charge in [0, 0.05) is 5.56 Å². The summed E-state index contributed by atoms with van der Waals surface area (Å²) in [5, 5.41) is 0. The molecule has 0 atom stereocenters. The number of hydrogen-bond acceptors (Lipinski definition) is 5. The Balaban J connectivity index is 3.04. The summed E-state index contributed by atoms with van der Waals surface area (Å²) in [6.07, 6.45) is -1.59. The van der Waals surface area contributed by atoms with Crippen LogP contribution >= 0.6 is 0 Å². The molecule has 1 aromatic rings. The number of Topliss-reactive ketones (excluding diaryl/α,β-unsaturated/α-hetero) is 1. The first-order valence-electron chi connectivity index (χ1n) is 7.44. The second-order valence-corrected chi connectivity index (χ2v) is 7.37. The summed E-state index contributed by atoms with van der Waals surface area (Å²) in [7, 11) is 0. The molecule has 0 aliphatic rings. The smallest absolute Gasteiger partial charge is 0.314 e. The zero-order valence-electron chi connectivity index (χ0n) is 14.5. The fraction of sp³-hybridized carbons (Fsp3) is 0.500. The lowest BCUT2D eigenvalue weighted by molar-refractivity contribution is -0.190. The van der Waals surface area contributed by atoms with Crippen molar-refractivity contribution >= 4 is 17.7 Å². The summed E-state index contributed by atoms with van der Waals surface area (Å²) < 4.78 is 10.3. The normalized spacial score (nSPS) is 12.0. The van der Waals surface area contributed by atoms with Crippen LogP contribution in [0, 0.1) is 10.8 Å². The largest absolute Gasteiger partial charge is 0.417 e. The average Bonchev–Trinajstić information content (AvgIpc) is 2.44. The number of ether oxygens (including phenoxy) is 2. The molecule has 0 radical (unpaired) electrons. The highest BCUT2D eigenvalue weighted by molar-refractivity contribution is 6.00. The minimum atomic E-state index is -1.59. The molecule has 0 N–H and O–H groups in total. The van der Waals surface area contributed by atoms with Crippen LogP contribution in [0.1, 0.15) is 51.9 Å². The van der Waals surface area contributed by atoms with Crippen molar-refractivity contribution in [2.45, 2.75) is 47.8 Å². The van der Waals surface area contributed by atoms with Gasteiger partial charge in [-0.3, -0.25) is 14.4 Å². The van der Waals surface area contributed by atoms with Gasteiger partial charge in [-0.15, -0.1) is 0 Å². The summed E-state index contributed by atoms with van der Waals surface area (Å²) >= 11 is 0. The van der Waals surface area contributed by atoms with Crippen LogP contribution in [0.4, 0.5) is 0 Å². The van der Waals surface area contributed by atoms with E-state index in [0.717, 1.165) is 0 Å². The highest BCUT2D eigenvalue weighted by Crippen LogP contribution is 2.21. The fourth-order valence-corrected chi connectivity index (χ4v) is 1.42. The van der Waals surface area contributed by atoms with E-state index in [0.29, 0.717) is 5.56 Å². The second kappa shape index (κ2) is 6.94. The van der Waals surface area contributed by atoms with Crippen LogP contribution < -0.4 is 0 Å². The van der Waals surface area contributed by atoms with Gasteiger partial charge < -0.3 is 9.47 Å². The number of carbonyl (C=O) groups excluding carboxylic acids is 3. The van der Waals surface area contributed by atoms with E-state index in [2.05, 4.69) is 0 Å². The van der Waals surface area contributed by atoms with Crippen LogP contribution in [0.25, 0.3) is 0 Å². The molecule has 0 fully saturated rings. The van der Waals surface area contributed by atoms with Crippen LogP contribution in [0.15, 0.2) is 30.3 Å². The van der Waals surface area contributed by atoms with Gasteiger partial charge >= 0.3 is 18.2 Å². The monoisotopic (exact) mass is 320 g/mol. The van der Waals surface area contributed by atoms with E-state index in [4.69, 9.17) is 9.47 Å². The van der Waals surface area contributed by atoms with Crippen molar-refractivity contribution in [1.82, 2.24) is 0 Å². The lowest BCUT2D eigenvalue weighted by Gasteiger charge is -2.25. The Hall–Kier alpha value is -2.17. The van der Waals surface area contributed by atoms with E-state index in [1.807, 2.05) is 0 Å². The molecule has 126 valence electrons. The zero-order valence-corrected chi connectivity index (χ0v) is 14.5. The van der Waals surface area contributed by atoms with Gasteiger partial charge in [-0.25, -0.2) is 0 Å². The molecule has 1 aromatic carbocycles. The quantitative estimate of drug-likeness (QED) is 0.483. The van der Waals surface area contributed by atoms with Crippen LogP contribution in [0.2, 0.25) is 0 Å². The first kappa shape index (κ1) is 18.9. The second-order valence-electron chi connectivity index (χ2n) is 7.37. The number of benzene rings is 1. The van der Waals surface area contributed by atoms with Gasteiger partial charge in [0.2, 0.25) is 5.78 Å². The average molecular weight is 320 g/mol. The number of ketones is 1. The Kier molecular flexibility index (Phi) is 5.70. The molecule has 0 saturated heterocycles. The van der Waals surface area contributed by atoms with Gasteiger partial charge in [0.15, 0.2) is 0 Å². The minimum Gasteiger partial charge on any atom is -0.417 e. The van der Waals surface area contributed by atoms with E-state index in [1.54, 1.807) is 71.9 Å². The van der Waals surface area contributed by atoms with Gasteiger partial charge in [0.05, 0.1) is 10.8 Å². The molecule has 5 heteroatoms. The van der Waals surface area contributed by atoms with Crippen molar-refractivity contribution in [3.8, 4) is 0 Å². The number of hydrogen-bond donors (Lipinski definition) is 0. The highest BCUT2D eigenvalue weighted by atomic mass is 16.7. The topological polar surface area (TPSA) is 69.7 Å². The standard InChI is InChI=1S/C18H24O5/c1-17(2,3)15(20)22-14(23-16(21)18(4,5)6)13(19)12-10-8-7-9-11-12/h7-11,14H,1-6H3.